The molecule has 2 aromatic carbocycles. The van der Waals surface area contributed by atoms with E-state index in [1.165, 1.54) is 0 Å². The fourth-order valence-electron chi connectivity index (χ4n) is 3.93. The Balaban J connectivity index is 1.23. The number of hydrogen-bond acceptors (Lipinski definition) is 5. The van der Waals surface area contributed by atoms with E-state index in [9.17, 15) is 14.4 Å². The van der Waals surface area contributed by atoms with Crippen LogP contribution in [0.25, 0.3) is 11.0 Å². The summed E-state index contributed by atoms with van der Waals surface area (Å²) in [6.07, 6.45) is 1.99. The summed E-state index contributed by atoms with van der Waals surface area (Å²) < 4.78 is 5.66. The summed E-state index contributed by atoms with van der Waals surface area (Å²) in [4.78, 5) is 46.1. The lowest BCUT2D eigenvalue weighted by atomic mass is 10.1. The zero-order chi connectivity index (χ0) is 20.7. The first-order valence-corrected chi connectivity index (χ1v) is 9.96. The summed E-state index contributed by atoms with van der Waals surface area (Å²) >= 11 is 0. The van der Waals surface area contributed by atoms with Gasteiger partial charge in [0, 0.05) is 25.3 Å². The number of imidazole rings is 1. The molecule has 0 saturated carbocycles. The van der Waals surface area contributed by atoms with Gasteiger partial charge < -0.3 is 15.0 Å². The van der Waals surface area contributed by atoms with E-state index in [-0.39, 0.29) is 36.8 Å². The van der Waals surface area contributed by atoms with Crippen LogP contribution < -0.4 is 5.32 Å². The average molecular weight is 404 g/mol. The van der Waals surface area contributed by atoms with Crippen molar-refractivity contribution in [2.75, 3.05) is 18.5 Å². The summed E-state index contributed by atoms with van der Waals surface area (Å²) in [6, 6.07) is 12.1. The Labute approximate surface area is 172 Å². The molecule has 0 aliphatic carbocycles. The smallest absolute Gasteiger partial charge is 0.261 e. The Morgan fingerprint density at radius 2 is 1.93 bits per heavy atom. The maximum Gasteiger partial charge on any atom is 0.261 e. The first-order chi connectivity index (χ1) is 14.6. The van der Waals surface area contributed by atoms with Crippen molar-refractivity contribution >= 4 is 34.4 Å². The second-order valence-electron chi connectivity index (χ2n) is 7.46. The number of imide groups is 1. The third-order valence-corrected chi connectivity index (χ3v) is 5.46. The number of fused-ring (bicyclic) bond motifs is 2. The molecular formula is C22H20N4O4. The molecule has 1 saturated heterocycles. The maximum absolute atomic E-state index is 12.4. The van der Waals surface area contributed by atoms with Gasteiger partial charge >= 0.3 is 0 Å². The number of benzene rings is 2. The van der Waals surface area contributed by atoms with Crippen molar-refractivity contribution in [3.63, 3.8) is 0 Å². The standard InChI is InChI=1S/C22H20N4O4/c27-19(9-10-26-21(28)14-4-1-2-5-15(14)22(26)29)23-13-7-8-16-17(12-13)25-20(24-16)18-6-3-11-30-18/h1-2,4-5,7-8,12,18H,3,6,9-11H2,(H,23,27)(H,24,25). The van der Waals surface area contributed by atoms with Crippen molar-refractivity contribution in [3.05, 3.63) is 59.4 Å². The normalized spacial score (nSPS) is 18.3. The summed E-state index contributed by atoms with van der Waals surface area (Å²) in [5.74, 6) is -0.186. The largest absolute Gasteiger partial charge is 0.370 e. The first-order valence-electron chi connectivity index (χ1n) is 9.96. The average Bonchev–Trinajstić information content (AvgIpc) is 3.47. The number of aromatic amines is 1. The Morgan fingerprint density at radius 3 is 2.63 bits per heavy atom. The Bertz CT molecular complexity index is 1130. The SMILES string of the molecule is O=C(CCN1C(=O)c2ccccc2C1=O)Nc1ccc2nc(C3CCCO3)[nH]c2c1. The topological polar surface area (TPSA) is 104 Å². The van der Waals surface area contributed by atoms with Gasteiger partial charge in [-0.15, -0.1) is 0 Å². The molecule has 1 atom stereocenters. The van der Waals surface area contributed by atoms with Crippen molar-refractivity contribution in [2.24, 2.45) is 0 Å². The fraction of sp³-hybridized carbons (Fsp3) is 0.273. The second-order valence-corrected chi connectivity index (χ2v) is 7.46. The monoisotopic (exact) mass is 404 g/mol. The molecule has 2 N–H and O–H groups in total. The highest BCUT2D eigenvalue weighted by Gasteiger charge is 2.35. The van der Waals surface area contributed by atoms with Gasteiger partial charge in [-0.05, 0) is 43.2 Å². The second kappa shape index (κ2) is 7.38. The van der Waals surface area contributed by atoms with Gasteiger partial charge in [0.2, 0.25) is 5.91 Å². The number of nitrogens with zero attached hydrogens (tertiary/aromatic N) is 2. The van der Waals surface area contributed by atoms with Crippen molar-refractivity contribution in [1.29, 1.82) is 0 Å². The summed E-state index contributed by atoms with van der Waals surface area (Å²) in [7, 11) is 0. The minimum Gasteiger partial charge on any atom is -0.370 e. The zero-order valence-electron chi connectivity index (χ0n) is 16.2. The molecule has 8 heteroatoms. The third kappa shape index (κ3) is 3.25. The van der Waals surface area contributed by atoms with Gasteiger partial charge in [-0.2, -0.15) is 0 Å². The highest BCUT2D eigenvalue weighted by molar-refractivity contribution is 6.21. The number of H-pyrrole nitrogens is 1. The van der Waals surface area contributed by atoms with E-state index in [4.69, 9.17) is 4.74 Å². The summed E-state index contributed by atoms with van der Waals surface area (Å²) in [5.41, 5.74) is 3.02. The van der Waals surface area contributed by atoms with Gasteiger partial charge in [-0.3, -0.25) is 19.3 Å². The number of carbonyl (C=O) groups is 3. The predicted molar refractivity (Wildman–Crippen MR) is 109 cm³/mol. The first kappa shape index (κ1) is 18.5. The van der Waals surface area contributed by atoms with Crippen LogP contribution in [-0.4, -0.2) is 45.7 Å². The van der Waals surface area contributed by atoms with Crippen LogP contribution in [0.4, 0.5) is 5.69 Å². The molecule has 152 valence electrons. The number of carbonyl (C=O) groups excluding carboxylic acids is 3. The van der Waals surface area contributed by atoms with Crippen molar-refractivity contribution in [3.8, 4) is 0 Å². The lowest BCUT2D eigenvalue weighted by Gasteiger charge is -2.13. The number of hydrogen-bond donors (Lipinski definition) is 2. The molecule has 5 rings (SSSR count). The van der Waals surface area contributed by atoms with Gasteiger partial charge in [0.25, 0.3) is 11.8 Å². The highest BCUT2D eigenvalue weighted by atomic mass is 16.5. The fourth-order valence-corrected chi connectivity index (χ4v) is 3.93. The van der Waals surface area contributed by atoms with Crippen LogP contribution in [0.3, 0.4) is 0 Å². The van der Waals surface area contributed by atoms with Crippen LogP contribution in [0.15, 0.2) is 42.5 Å². The summed E-state index contributed by atoms with van der Waals surface area (Å²) in [5, 5.41) is 2.82. The van der Waals surface area contributed by atoms with Gasteiger partial charge in [0.15, 0.2) is 0 Å². The number of nitrogens with one attached hydrogen (secondary N) is 2. The van der Waals surface area contributed by atoms with E-state index in [1.54, 1.807) is 30.3 Å². The molecule has 2 aliphatic rings. The third-order valence-electron chi connectivity index (χ3n) is 5.46. The molecule has 2 aliphatic heterocycles. The molecule has 3 aromatic rings. The van der Waals surface area contributed by atoms with E-state index >= 15 is 0 Å². The van der Waals surface area contributed by atoms with E-state index in [1.807, 2.05) is 12.1 Å². The Kier molecular flexibility index (Phi) is 4.55. The van der Waals surface area contributed by atoms with Crippen molar-refractivity contribution in [2.45, 2.75) is 25.4 Å². The molecule has 3 heterocycles. The van der Waals surface area contributed by atoms with Crippen LogP contribution >= 0.6 is 0 Å². The van der Waals surface area contributed by atoms with Crippen molar-refractivity contribution in [1.82, 2.24) is 14.9 Å². The Hall–Kier alpha value is -3.52. The number of anilines is 1. The van der Waals surface area contributed by atoms with E-state index < -0.39 is 0 Å². The summed E-state index contributed by atoms with van der Waals surface area (Å²) in [6.45, 7) is 0.782. The number of ether oxygens (including phenoxy) is 1. The van der Waals surface area contributed by atoms with E-state index in [0.717, 1.165) is 41.2 Å². The lowest BCUT2D eigenvalue weighted by molar-refractivity contribution is -0.116. The van der Waals surface area contributed by atoms with Crippen LogP contribution in [0.2, 0.25) is 0 Å². The van der Waals surface area contributed by atoms with E-state index in [2.05, 4.69) is 15.3 Å². The zero-order valence-corrected chi connectivity index (χ0v) is 16.2. The van der Waals surface area contributed by atoms with Crippen LogP contribution in [0, 0.1) is 0 Å². The molecule has 0 bridgehead atoms. The predicted octanol–water partition coefficient (Wildman–Crippen LogP) is 3.04. The molecule has 8 nitrogen and oxygen atoms in total. The highest BCUT2D eigenvalue weighted by Crippen LogP contribution is 2.29. The quantitative estimate of drug-likeness (QED) is 0.636. The molecular weight excluding hydrogens is 384 g/mol. The van der Waals surface area contributed by atoms with Crippen LogP contribution in [0.5, 0.6) is 0 Å². The Morgan fingerprint density at radius 1 is 1.17 bits per heavy atom. The van der Waals surface area contributed by atoms with Crippen LogP contribution in [-0.2, 0) is 9.53 Å². The molecule has 1 aromatic heterocycles. The van der Waals surface area contributed by atoms with Gasteiger partial charge in [-0.1, -0.05) is 12.1 Å². The number of amides is 3. The van der Waals surface area contributed by atoms with Crippen LogP contribution in [0.1, 0.15) is 51.9 Å². The maximum atomic E-state index is 12.4. The lowest BCUT2D eigenvalue weighted by Crippen LogP contribution is -2.32. The molecule has 30 heavy (non-hydrogen) atoms. The number of rotatable bonds is 5. The van der Waals surface area contributed by atoms with Gasteiger partial charge in [0.05, 0.1) is 22.2 Å². The van der Waals surface area contributed by atoms with Crippen molar-refractivity contribution < 1.29 is 19.1 Å². The van der Waals surface area contributed by atoms with Gasteiger partial charge in [0.1, 0.15) is 11.9 Å². The molecule has 0 spiro atoms. The molecule has 0 radical (unpaired) electrons. The minimum absolute atomic E-state index is 0.00454. The molecule has 1 fully saturated rings. The van der Waals surface area contributed by atoms with E-state index in [0.29, 0.717) is 16.8 Å². The van der Waals surface area contributed by atoms with Gasteiger partial charge in [-0.25, -0.2) is 4.98 Å². The number of aromatic nitrogens is 2. The molecule has 1 unspecified atom stereocenters. The molecule has 3 amide bonds. The minimum atomic E-state index is -0.357.